The third-order valence-electron chi connectivity index (χ3n) is 6.03. The normalized spacial score (nSPS) is 11.3. The zero-order chi connectivity index (χ0) is 23.9. The average molecular weight is 523 g/mol. The largest absolute Gasteiger partial charge is 0.495 e. The number of hydrogen-bond donors (Lipinski definition) is 1. The van der Waals surface area contributed by atoms with E-state index >= 15 is 0 Å². The van der Waals surface area contributed by atoms with Crippen molar-refractivity contribution in [1.82, 2.24) is 4.98 Å². The summed E-state index contributed by atoms with van der Waals surface area (Å²) in [5, 5.41) is 7.17. The minimum atomic E-state index is -0.272. The number of nitrogens with zero attached hydrogens (tertiary/aromatic N) is 1. The van der Waals surface area contributed by atoms with Crippen LogP contribution in [0.15, 0.2) is 99.9 Å². The molecule has 6 rings (SSSR count). The molecule has 1 heterocycles. The fraction of sp³-hybridized carbons (Fsp3) is 0.0345. The molecule has 5 aromatic carbocycles. The van der Waals surface area contributed by atoms with Gasteiger partial charge in [-0.05, 0) is 73.9 Å². The quantitative estimate of drug-likeness (QED) is 0.256. The molecule has 0 saturated heterocycles. The van der Waals surface area contributed by atoms with Crippen molar-refractivity contribution >= 4 is 60.2 Å². The van der Waals surface area contributed by atoms with Crippen LogP contribution in [-0.2, 0) is 0 Å². The van der Waals surface area contributed by atoms with Crippen molar-refractivity contribution < 1.29 is 13.9 Å². The number of halogens is 1. The zero-order valence-electron chi connectivity index (χ0n) is 18.7. The van der Waals surface area contributed by atoms with Gasteiger partial charge in [-0.15, -0.1) is 0 Å². The number of hydrogen-bond acceptors (Lipinski definition) is 4. The van der Waals surface area contributed by atoms with Crippen molar-refractivity contribution in [2.45, 2.75) is 0 Å². The third kappa shape index (κ3) is 3.82. The maximum Gasteiger partial charge on any atom is 0.259 e. The molecule has 1 aromatic heterocycles. The van der Waals surface area contributed by atoms with Gasteiger partial charge in [0.15, 0.2) is 5.58 Å². The lowest BCUT2D eigenvalue weighted by atomic mass is 10.1. The molecule has 6 heteroatoms. The van der Waals surface area contributed by atoms with Crippen LogP contribution in [0, 0.1) is 0 Å². The molecular weight excluding hydrogens is 504 g/mol. The standard InChI is InChI=1S/C29H19BrN2O3/c1-34-27-23(15-19-8-4-5-9-22(19)26(27)30)28(33)31-21-12-13-25-24(16-21)32-29(35-25)20-11-10-17-6-2-3-7-18(17)14-20/h2-16H,1H3,(H,31,33). The second kappa shape index (κ2) is 8.56. The fourth-order valence-electron chi connectivity index (χ4n) is 4.30. The van der Waals surface area contributed by atoms with Crippen LogP contribution < -0.4 is 10.1 Å². The van der Waals surface area contributed by atoms with Crippen molar-refractivity contribution in [1.29, 1.82) is 0 Å². The first-order valence-corrected chi connectivity index (χ1v) is 11.9. The van der Waals surface area contributed by atoms with Crippen LogP contribution in [0.25, 0.3) is 44.1 Å². The van der Waals surface area contributed by atoms with Gasteiger partial charge in [0.05, 0.1) is 17.1 Å². The van der Waals surface area contributed by atoms with E-state index in [0.717, 1.165) is 31.6 Å². The van der Waals surface area contributed by atoms with Crippen molar-refractivity contribution in [3.8, 4) is 17.2 Å². The zero-order valence-corrected chi connectivity index (χ0v) is 20.3. The van der Waals surface area contributed by atoms with Gasteiger partial charge in [-0.1, -0.05) is 54.6 Å². The monoisotopic (exact) mass is 522 g/mol. The minimum Gasteiger partial charge on any atom is -0.495 e. The van der Waals surface area contributed by atoms with Gasteiger partial charge in [0.2, 0.25) is 5.89 Å². The van der Waals surface area contributed by atoms with Crippen molar-refractivity contribution in [3.05, 3.63) is 101 Å². The predicted molar refractivity (Wildman–Crippen MR) is 143 cm³/mol. The summed E-state index contributed by atoms with van der Waals surface area (Å²) in [6.45, 7) is 0. The Kier molecular flexibility index (Phi) is 5.23. The first-order chi connectivity index (χ1) is 17.1. The lowest BCUT2D eigenvalue weighted by Crippen LogP contribution is -2.13. The molecule has 0 aliphatic heterocycles. The molecule has 0 radical (unpaired) electrons. The van der Waals surface area contributed by atoms with Gasteiger partial charge in [-0.3, -0.25) is 4.79 Å². The van der Waals surface area contributed by atoms with Crippen molar-refractivity contribution in [2.24, 2.45) is 0 Å². The molecule has 6 aromatic rings. The summed E-state index contributed by atoms with van der Waals surface area (Å²) in [5.41, 5.74) is 3.27. The van der Waals surface area contributed by atoms with Gasteiger partial charge in [0, 0.05) is 11.3 Å². The Morgan fingerprint density at radius 1 is 0.886 bits per heavy atom. The van der Waals surface area contributed by atoms with Gasteiger partial charge in [-0.2, -0.15) is 0 Å². The molecule has 0 fully saturated rings. The number of fused-ring (bicyclic) bond motifs is 3. The molecule has 1 N–H and O–H groups in total. The minimum absolute atomic E-state index is 0.272. The van der Waals surface area contributed by atoms with Crippen LogP contribution in [0.1, 0.15) is 10.4 Å². The summed E-state index contributed by atoms with van der Waals surface area (Å²) in [5.74, 6) is 0.752. The van der Waals surface area contributed by atoms with Crippen LogP contribution in [0.5, 0.6) is 5.75 Å². The number of rotatable bonds is 4. The highest BCUT2D eigenvalue weighted by Gasteiger charge is 2.19. The van der Waals surface area contributed by atoms with E-state index in [2.05, 4.69) is 50.5 Å². The molecule has 0 atom stereocenters. The molecule has 0 bridgehead atoms. The van der Waals surface area contributed by atoms with E-state index in [0.29, 0.717) is 34.0 Å². The number of methoxy groups -OCH3 is 1. The number of benzene rings is 5. The van der Waals surface area contributed by atoms with Crippen LogP contribution >= 0.6 is 15.9 Å². The molecule has 35 heavy (non-hydrogen) atoms. The SMILES string of the molecule is COc1c(C(=O)Nc2ccc3oc(-c4ccc5ccccc5c4)nc3c2)cc2ccccc2c1Br. The van der Waals surface area contributed by atoms with E-state index < -0.39 is 0 Å². The topological polar surface area (TPSA) is 64.4 Å². The molecule has 0 spiro atoms. The number of oxazole rings is 1. The van der Waals surface area contributed by atoms with Crippen LogP contribution in [0.3, 0.4) is 0 Å². The van der Waals surface area contributed by atoms with Crippen molar-refractivity contribution in [2.75, 3.05) is 12.4 Å². The van der Waals surface area contributed by atoms with Gasteiger partial charge < -0.3 is 14.5 Å². The van der Waals surface area contributed by atoms with Crippen molar-refractivity contribution in [3.63, 3.8) is 0 Å². The highest BCUT2D eigenvalue weighted by atomic mass is 79.9. The first-order valence-electron chi connectivity index (χ1n) is 11.1. The molecule has 170 valence electrons. The van der Waals surface area contributed by atoms with E-state index in [4.69, 9.17) is 9.15 Å². The Labute approximate surface area is 209 Å². The van der Waals surface area contributed by atoms with Crippen LogP contribution in [-0.4, -0.2) is 18.0 Å². The van der Waals surface area contributed by atoms with Gasteiger partial charge in [-0.25, -0.2) is 4.98 Å². The average Bonchev–Trinajstić information content (AvgIpc) is 3.32. The second-order valence-corrected chi connectivity index (χ2v) is 9.00. The summed E-state index contributed by atoms with van der Waals surface area (Å²) in [6, 6.07) is 29.4. The Morgan fingerprint density at radius 3 is 2.49 bits per heavy atom. The van der Waals surface area contributed by atoms with Crippen LogP contribution in [0.2, 0.25) is 0 Å². The number of ether oxygens (including phenoxy) is 1. The molecule has 0 aliphatic rings. The number of nitrogens with one attached hydrogen (secondary N) is 1. The lowest BCUT2D eigenvalue weighted by molar-refractivity contribution is 0.102. The second-order valence-electron chi connectivity index (χ2n) is 8.21. The maximum absolute atomic E-state index is 13.2. The van der Waals surface area contributed by atoms with Crippen LogP contribution in [0.4, 0.5) is 5.69 Å². The first kappa shape index (κ1) is 21.4. The summed E-state index contributed by atoms with van der Waals surface area (Å²) in [7, 11) is 1.56. The van der Waals surface area contributed by atoms with Gasteiger partial charge in [0.25, 0.3) is 5.91 Å². The Bertz CT molecular complexity index is 1760. The highest BCUT2D eigenvalue weighted by molar-refractivity contribution is 9.10. The predicted octanol–water partition coefficient (Wildman–Crippen LogP) is 7.82. The smallest absolute Gasteiger partial charge is 0.259 e. The van der Waals surface area contributed by atoms with Gasteiger partial charge in [0.1, 0.15) is 11.3 Å². The summed E-state index contributed by atoms with van der Waals surface area (Å²) in [6.07, 6.45) is 0. The maximum atomic E-state index is 13.2. The number of aromatic nitrogens is 1. The third-order valence-corrected chi connectivity index (χ3v) is 6.82. The van der Waals surface area contributed by atoms with E-state index in [1.807, 2.05) is 60.7 Å². The lowest BCUT2D eigenvalue weighted by Gasteiger charge is -2.13. The van der Waals surface area contributed by atoms with E-state index in [1.165, 1.54) is 0 Å². The fourth-order valence-corrected chi connectivity index (χ4v) is 5.04. The molecule has 0 unspecified atom stereocenters. The molecule has 0 saturated carbocycles. The summed E-state index contributed by atoms with van der Waals surface area (Å²) < 4.78 is 12.3. The Morgan fingerprint density at radius 2 is 1.66 bits per heavy atom. The van der Waals surface area contributed by atoms with Gasteiger partial charge >= 0.3 is 0 Å². The number of anilines is 1. The van der Waals surface area contributed by atoms with E-state index in [-0.39, 0.29) is 5.91 Å². The molecule has 1 amide bonds. The Balaban J connectivity index is 1.33. The summed E-state index contributed by atoms with van der Waals surface area (Å²) in [4.78, 5) is 17.9. The number of carbonyl (C=O) groups excluding carboxylic acids is 1. The summed E-state index contributed by atoms with van der Waals surface area (Å²) >= 11 is 3.59. The van der Waals surface area contributed by atoms with E-state index in [1.54, 1.807) is 13.2 Å². The van der Waals surface area contributed by atoms with E-state index in [9.17, 15) is 4.79 Å². The number of carbonyl (C=O) groups is 1. The Hall–Kier alpha value is -4.16. The highest BCUT2D eigenvalue weighted by Crippen LogP contribution is 2.37. The molecule has 5 nitrogen and oxygen atoms in total. The molecular formula is C29H19BrN2O3. The molecule has 0 aliphatic carbocycles. The number of amides is 1.